The second kappa shape index (κ2) is 5.70. The highest BCUT2D eigenvalue weighted by Crippen LogP contribution is 2.21. The van der Waals surface area contributed by atoms with Crippen LogP contribution in [-0.2, 0) is 6.54 Å². The first-order valence-electron chi connectivity index (χ1n) is 8.24. The van der Waals surface area contributed by atoms with Crippen LogP contribution in [0.3, 0.4) is 0 Å². The Morgan fingerprint density at radius 2 is 1.75 bits per heavy atom. The summed E-state index contributed by atoms with van der Waals surface area (Å²) in [6.07, 6.45) is 3.59. The molecule has 0 aliphatic heterocycles. The Bertz CT molecular complexity index is 997. The summed E-state index contributed by atoms with van der Waals surface area (Å²) in [6, 6.07) is 10.4. The van der Waals surface area contributed by atoms with Gasteiger partial charge in [0.1, 0.15) is 17.4 Å². The summed E-state index contributed by atoms with van der Waals surface area (Å²) in [7, 11) is 0. The normalized spacial score (nSPS) is 13.2. The standard InChI is InChI=1S/C18H20N6/c1-12(2)14-4-6-16-17(8-14)22-24(21-16)9-13(3)15-5-7-18-19-11-20-23(18)10-15/h4-8,10-13H,9H2,1-3H3. The Morgan fingerprint density at radius 3 is 2.58 bits per heavy atom. The monoisotopic (exact) mass is 320 g/mol. The van der Waals surface area contributed by atoms with Gasteiger partial charge < -0.3 is 0 Å². The van der Waals surface area contributed by atoms with Crippen LogP contribution in [0.1, 0.15) is 43.7 Å². The Hall–Kier alpha value is -2.76. The average Bonchev–Trinajstić information content (AvgIpc) is 3.18. The first-order valence-corrected chi connectivity index (χ1v) is 8.24. The second-order valence-electron chi connectivity index (χ2n) is 6.58. The van der Waals surface area contributed by atoms with Crippen molar-refractivity contribution >= 4 is 16.7 Å². The van der Waals surface area contributed by atoms with Crippen LogP contribution < -0.4 is 0 Å². The molecule has 1 unspecified atom stereocenters. The molecule has 0 aliphatic carbocycles. The lowest BCUT2D eigenvalue weighted by molar-refractivity contribution is 0.489. The van der Waals surface area contributed by atoms with Crippen molar-refractivity contribution in [2.45, 2.75) is 39.2 Å². The first kappa shape index (κ1) is 14.8. The molecule has 1 atom stereocenters. The molecular formula is C18H20N6. The summed E-state index contributed by atoms with van der Waals surface area (Å²) in [4.78, 5) is 5.97. The predicted molar refractivity (Wildman–Crippen MR) is 93.0 cm³/mol. The molecule has 0 aliphatic rings. The molecule has 0 bridgehead atoms. The van der Waals surface area contributed by atoms with Crippen molar-refractivity contribution in [1.29, 1.82) is 0 Å². The largest absolute Gasteiger partial charge is 0.221 e. The van der Waals surface area contributed by atoms with E-state index in [0.717, 1.165) is 23.2 Å². The number of pyridine rings is 1. The summed E-state index contributed by atoms with van der Waals surface area (Å²) in [6.45, 7) is 7.28. The van der Waals surface area contributed by atoms with Crippen molar-refractivity contribution in [2.75, 3.05) is 0 Å². The molecule has 0 fully saturated rings. The lowest BCUT2D eigenvalue weighted by Crippen LogP contribution is -2.10. The molecule has 6 heteroatoms. The number of benzene rings is 1. The van der Waals surface area contributed by atoms with Crippen molar-refractivity contribution in [3.05, 3.63) is 54.0 Å². The van der Waals surface area contributed by atoms with Gasteiger partial charge in [0.05, 0.1) is 6.54 Å². The van der Waals surface area contributed by atoms with E-state index in [-0.39, 0.29) is 5.92 Å². The van der Waals surface area contributed by atoms with Crippen LogP contribution in [0.4, 0.5) is 0 Å². The molecule has 0 spiro atoms. The highest BCUT2D eigenvalue weighted by atomic mass is 15.5. The number of hydrogen-bond donors (Lipinski definition) is 0. The van der Waals surface area contributed by atoms with Gasteiger partial charge in [0, 0.05) is 12.1 Å². The second-order valence-corrected chi connectivity index (χ2v) is 6.58. The number of rotatable bonds is 4. The van der Waals surface area contributed by atoms with Gasteiger partial charge in [-0.1, -0.05) is 32.9 Å². The molecule has 122 valence electrons. The molecule has 3 heterocycles. The maximum Gasteiger partial charge on any atom is 0.155 e. The minimum atomic E-state index is 0.282. The summed E-state index contributed by atoms with van der Waals surface area (Å²) in [5.74, 6) is 0.776. The van der Waals surface area contributed by atoms with E-state index in [9.17, 15) is 0 Å². The van der Waals surface area contributed by atoms with E-state index in [4.69, 9.17) is 0 Å². The quantitative estimate of drug-likeness (QED) is 0.578. The third kappa shape index (κ3) is 2.64. The Kier molecular flexibility index (Phi) is 3.52. The van der Waals surface area contributed by atoms with Crippen LogP contribution in [0.15, 0.2) is 42.9 Å². The Balaban J connectivity index is 1.60. The number of hydrogen-bond acceptors (Lipinski definition) is 4. The van der Waals surface area contributed by atoms with Crippen LogP contribution in [-0.4, -0.2) is 29.6 Å². The highest BCUT2D eigenvalue weighted by molar-refractivity contribution is 5.74. The number of fused-ring (bicyclic) bond motifs is 2. The zero-order valence-corrected chi connectivity index (χ0v) is 14.1. The maximum absolute atomic E-state index is 4.64. The van der Waals surface area contributed by atoms with Gasteiger partial charge in [-0.05, 0) is 35.2 Å². The van der Waals surface area contributed by atoms with E-state index in [0.29, 0.717) is 5.92 Å². The number of aromatic nitrogens is 6. The summed E-state index contributed by atoms with van der Waals surface area (Å²) < 4.78 is 1.80. The van der Waals surface area contributed by atoms with Crippen LogP contribution in [0.25, 0.3) is 16.7 Å². The molecule has 1 aromatic carbocycles. The van der Waals surface area contributed by atoms with Crippen molar-refractivity contribution in [2.24, 2.45) is 0 Å². The zero-order valence-electron chi connectivity index (χ0n) is 14.1. The van der Waals surface area contributed by atoms with Gasteiger partial charge in [0.25, 0.3) is 0 Å². The summed E-state index contributed by atoms with van der Waals surface area (Å²) >= 11 is 0. The van der Waals surface area contributed by atoms with Gasteiger partial charge in [-0.25, -0.2) is 9.50 Å². The molecule has 0 saturated heterocycles. The fourth-order valence-electron chi connectivity index (χ4n) is 2.89. The molecule has 4 aromatic rings. The van der Waals surface area contributed by atoms with E-state index >= 15 is 0 Å². The van der Waals surface area contributed by atoms with E-state index in [2.05, 4.69) is 65.3 Å². The molecule has 0 radical (unpaired) electrons. The molecule has 6 nitrogen and oxygen atoms in total. The van der Waals surface area contributed by atoms with Gasteiger partial charge in [-0.2, -0.15) is 20.1 Å². The fourth-order valence-corrected chi connectivity index (χ4v) is 2.89. The smallest absolute Gasteiger partial charge is 0.155 e. The average molecular weight is 320 g/mol. The molecule has 4 rings (SSSR count). The van der Waals surface area contributed by atoms with E-state index in [1.54, 1.807) is 15.6 Å². The number of nitrogens with zero attached hydrogens (tertiary/aromatic N) is 6. The Labute approximate surface area is 140 Å². The van der Waals surface area contributed by atoms with Crippen LogP contribution in [0.5, 0.6) is 0 Å². The topological polar surface area (TPSA) is 60.9 Å². The van der Waals surface area contributed by atoms with Crippen molar-refractivity contribution in [1.82, 2.24) is 29.6 Å². The lowest BCUT2D eigenvalue weighted by atomic mass is 10.0. The van der Waals surface area contributed by atoms with Crippen LogP contribution in [0, 0.1) is 0 Å². The van der Waals surface area contributed by atoms with Crippen LogP contribution >= 0.6 is 0 Å². The molecule has 0 N–H and O–H groups in total. The van der Waals surface area contributed by atoms with Crippen molar-refractivity contribution < 1.29 is 0 Å². The van der Waals surface area contributed by atoms with Gasteiger partial charge >= 0.3 is 0 Å². The molecule has 0 amide bonds. The first-order chi connectivity index (χ1) is 11.6. The predicted octanol–water partition coefficient (Wildman–Crippen LogP) is 3.40. The van der Waals surface area contributed by atoms with Gasteiger partial charge in [-0.3, -0.25) is 0 Å². The van der Waals surface area contributed by atoms with Gasteiger partial charge in [-0.15, -0.1) is 0 Å². The molecule has 3 aromatic heterocycles. The Morgan fingerprint density at radius 1 is 0.958 bits per heavy atom. The minimum absolute atomic E-state index is 0.282. The van der Waals surface area contributed by atoms with E-state index in [1.165, 1.54) is 11.1 Å². The summed E-state index contributed by atoms with van der Waals surface area (Å²) in [5, 5.41) is 13.4. The molecule has 0 saturated carbocycles. The van der Waals surface area contributed by atoms with Crippen molar-refractivity contribution in [3.8, 4) is 0 Å². The third-order valence-corrected chi connectivity index (χ3v) is 4.42. The van der Waals surface area contributed by atoms with Gasteiger partial charge in [0.15, 0.2) is 5.65 Å². The SMILES string of the molecule is CC(C)c1ccc2nn(CC(C)c3ccc4ncnn4c3)nc2c1. The van der Waals surface area contributed by atoms with Crippen LogP contribution in [0.2, 0.25) is 0 Å². The summed E-state index contributed by atoms with van der Waals surface area (Å²) in [5.41, 5.74) is 5.24. The van der Waals surface area contributed by atoms with E-state index < -0.39 is 0 Å². The molecular weight excluding hydrogens is 300 g/mol. The minimum Gasteiger partial charge on any atom is -0.221 e. The lowest BCUT2D eigenvalue weighted by Gasteiger charge is -2.10. The zero-order chi connectivity index (χ0) is 16.7. The maximum atomic E-state index is 4.64. The molecule has 24 heavy (non-hydrogen) atoms. The third-order valence-electron chi connectivity index (χ3n) is 4.42. The fraction of sp³-hybridized carbons (Fsp3) is 0.333. The van der Waals surface area contributed by atoms with Gasteiger partial charge in [0.2, 0.25) is 0 Å². The highest BCUT2D eigenvalue weighted by Gasteiger charge is 2.11. The van der Waals surface area contributed by atoms with E-state index in [1.807, 2.05) is 12.3 Å². The van der Waals surface area contributed by atoms with Crippen molar-refractivity contribution in [3.63, 3.8) is 0 Å².